The first-order valence-electron chi connectivity index (χ1n) is 1.41. The molecule has 1 rings (SSSR count). The minimum absolute atomic E-state index is 0.750. The van der Waals surface area contributed by atoms with Gasteiger partial charge in [0.1, 0.15) is 0 Å². The molecule has 4 radical (unpaired) electrons. The van der Waals surface area contributed by atoms with E-state index in [1.807, 2.05) is 0 Å². The summed E-state index contributed by atoms with van der Waals surface area (Å²) in [5, 5.41) is 0. The molecule has 0 atom stereocenters. The molecule has 20 valence electrons. The summed E-state index contributed by atoms with van der Waals surface area (Å²) in [6, 6.07) is 0. The first-order chi connectivity index (χ1) is 2.00. The molecule has 0 nitrogen and oxygen atoms in total. The molecule has 0 aliphatic carbocycles. The molecule has 0 spiro atoms. The van der Waals surface area contributed by atoms with Crippen molar-refractivity contribution in [2.75, 3.05) is 0 Å². The Morgan fingerprint density at radius 1 is 1.00 bits per heavy atom. The second-order valence-corrected chi connectivity index (χ2v) is 12.1. The summed E-state index contributed by atoms with van der Waals surface area (Å²) >= 11 is 1.50. The molecule has 1 saturated heterocycles. The van der Waals surface area contributed by atoms with Crippen LogP contribution in [-0.2, 0) is 0 Å². The van der Waals surface area contributed by atoms with Gasteiger partial charge in [0, 0.05) is 0 Å². The van der Waals surface area contributed by atoms with Gasteiger partial charge in [-0.25, -0.2) is 0 Å². The van der Waals surface area contributed by atoms with Crippen molar-refractivity contribution in [3.8, 4) is 0 Å². The Kier molecular flexibility index (Phi) is 1.23. The molecule has 0 aromatic carbocycles. The first-order valence-corrected chi connectivity index (χ1v) is 7.35. The van der Waals surface area contributed by atoms with E-state index in [-0.39, 0.29) is 0 Å². The summed E-state index contributed by atoms with van der Waals surface area (Å²) in [6.45, 7) is 0. The van der Waals surface area contributed by atoms with E-state index in [0.29, 0.717) is 0 Å². The fourth-order valence-electron chi connectivity index (χ4n) is 0.125. The van der Waals surface area contributed by atoms with Crippen molar-refractivity contribution in [2.45, 2.75) is 8.17 Å². The SMILES string of the molecule is [CH2]1[Ge][CH2][Ge]1. The van der Waals surface area contributed by atoms with Crippen LogP contribution in [0, 0.1) is 0 Å². The molecule has 2 heteroatoms. The quantitative estimate of drug-likeness (QED) is 0.458. The molecular weight excluding hydrogens is 169 g/mol. The van der Waals surface area contributed by atoms with E-state index in [1.54, 1.807) is 8.17 Å². The van der Waals surface area contributed by atoms with E-state index in [9.17, 15) is 0 Å². The Bertz CT molecular complexity index is 12.0. The van der Waals surface area contributed by atoms with Crippen molar-refractivity contribution in [3.63, 3.8) is 0 Å². The van der Waals surface area contributed by atoms with Crippen molar-refractivity contribution in [1.29, 1.82) is 0 Å². The van der Waals surface area contributed by atoms with Crippen molar-refractivity contribution in [2.24, 2.45) is 0 Å². The average Bonchev–Trinajstić information content (AvgIpc) is 0.722. The number of rotatable bonds is 0. The van der Waals surface area contributed by atoms with Crippen LogP contribution in [0.4, 0.5) is 0 Å². The van der Waals surface area contributed by atoms with Crippen LogP contribution in [0.1, 0.15) is 0 Å². The van der Waals surface area contributed by atoms with Crippen LogP contribution in [0.5, 0.6) is 0 Å². The number of hydrogen-bond donors (Lipinski definition) is 0. The molecule has 1 heterocycles. The molecule has 0 N–H and O–H groups in total. The van der Waals surface area contributed by atoms with Gasteiger partial charge in [-0.3, -0.25) is 0 Å². The molecule has 0 aromatic rings. The summed E-state index contributed by atoms with van der Waals surface area (Å²) in [6.07, 6.45) is 0. The maximum atomic E-state index is 1.75. The van der Waals surface area contributed by atoms with E-state index in [2.05, 4.69) is 0 Å². The summed E-state index contributed by atoms with van der Waals surface area (Å²) in [4.78, 5) is 0. The summed E-state index contributed by atoms with van der Waals surface area (Å²) < 4.78 is 3.50. The van der Waals surface area contributed by atoms with Crippen molar-refractivity contribution >= 4 is 30.9 Å². The van der Waals surface area contributed by atoms with Crippen LogP contribution < -0.4 is 0 Å². The predicted molar refractivity (Wildman–Crippen MR) is 21.1 cm³/mol. The van der Waals surface area contributed by atoms with Crippen LogP contribution in [0.2, 0.25) is 8.17 Å². The van der Waals surface area contributed by atoms with Crippen LogP contribution >= 0.6 is 0 Å². The van der Waals surface area contributed by atoms with E-state index >= 15 is 0 Å². The summed E-state index contributed by atoms with van der Waals surface area (Å²) in [5.41, 5.74) is 0. The van der Waals surface area contributed by atoms with Crippen molar-refractivity contribution < 1.29 is 0 Å². The van der Waals surface area contributed by atoms with Gasteiger partial charge in [0.2, 0.25) is 0 Å². The Balaban J connectivity index is 2.00. The Labute approximate surface area is 39.3 Å². The molecule has 1 aliphatic rings. The van der Waals surface area contributed by atoms with E-state index < -0.39 is 0 Å². The third-order valence-corrected chi connectivity index (χ3v) is 13.5. The van der Waals surface area contributed by atoms with Crippen LogP contribution in [0.15, 0.2) is 0 Å². The van der Waals surface area contributed by atoms with Gasteiger partial charge in [-0.15, -0.1) is 0 Å². The van der Waals surface area contributed by atoms with Gasteiger partial charge in [0.15, 0.2) is 0 Å². The topological polar surface area (TPSA) is 0 Å². The first kappa shape index (κ1) is 3.28. The van der Waals surface area contributed by atoms with Crippen LogP contribution in [-0.4, -0.2) is 30.9 Å². The zero-order chi connectivity index (χ0) is 2.83. The van der Waals surface area contributed by atoms with Crippen molar-refractivity contribution in [1.82, 2.24) is 0 Å². The standard InChI is InChI=1S/C2H4Ge2/c1-3-2-4-1/h1-2H2. The molecule has 0 bridgehead atoms. The zero-order valence-electron chi connectivity index (χ0n) is 2.41. The molecule has 0 unspecified atom stereocenters. The fraction of sp³-hybridized carbons (Fsp3) is 1.00. The van der Waals surface area contributed by atoms with Gasteiger partial charge in [0.05, 0.1) is 0 Å². The maximum absolute atomic E-state index is 1.75. The molecule has 0 saturated carbocycles. The Morgan fingerprint density at radius 3 is 1.25 bits per heavy atom. The number of hydrogen-bond acceptors (Lipinski definition) is 0. The minimum atomic E-state index is 0.750. The molecule has 0 amide bonds. The zero-order valence-corrected chi connectivity index (χ0v) is 6.61. The molecular formula is C2H4Ge2. The Morgan fingerprint density at radius 2 is 1.25 bits per heavy atom. The van der Waals surface area contributed by atoms with Crippen molar-refractivity contribution in [3.05, 3.63) is 0 Å². The normalized spacial score (nSPS) is 24.0. The van der Waals surface area contributed by atoms with E-state index in [1.165, 1.54) is 0 Å². The van der Waals surface area contributed by atoms with E-state index in [4.69, 9.17) is 0 Å². The van der Waals surface area contributed by atoms with Crippen LogP contribution in [0.3, 0.4) is 0 Å². The van der Waals surface area contributed by atoms with Gasteiger partial charge >= 0.3 is 39.0 Å². The van der Waals surface area contributed by atoms with Gasteiger partial charge < -0.3 is 0 Å². The van der Waals surface area contributed by atoms with Gasteiger partial charge in [-0.2, -0.15) is 0 Å². The monoisotopic (exact) mass is 176 g/mol. The Hall–Kier alpha value is 1.09. The third kappa shape index (κ3) is 0.519. The van der Waals surface area contributed by atoms with Crippen LogP contribution in [0.25, 0.3) is 0 Å². The molecule has 1 fully saturated rings. The second kappa shape index (κ2) is 1.50. The average molecular weight is 173 g/mol. The molecule has 1 aliphatic heterocycles. The third-order valence-electron chi connectivity index (χ3n) is 0.500. The van der Waals surface area contributed by atoms with Gasteiger partial charge in [-0.05, 0) is 0 Å². The van der Waals surface area contributed by atoms with E-state index in [0.717, 1.165) is 30.9 Å². The molecule has 0 aromatic heterocycles. The van der Waals surface area contributed by atoms with Gasteiger partial charge in [-0.1, -0.05) is 0 Å². The summed E-state index contributed by atoms with van der Waals surface area (Å²) in [5.74, 6) is 0. The second-order valence-electron chi connectivity index (χ2n) is 0.854. The molecule has 4 heavy (non-hydrogen) atoms. The summed E-state index contributed by atoms with van der Waals surface area (Å²) in [7, 11) is 0. The van der Waals surface area contributed by atoms with Gasteiger partial charge in [0.25, 0.3) is 0 Å². The fourth-order valence-corrected chi connectivity index (χ4v) is 3.37. The predicted octanol–water partition coefficient (Wildman–Crippen LogP) is 0.160.